The average molecular weight is 241 g/mol. The first-order valence-corrected chi connectivity index (χ1v) is 5.01. The molecule has 0 fully saturated rings. The lowest BCUT2D eigenvalue weighted by molar-refractivity contribution is 0.656. The van der Waals surface area contributed by atoms with E-state index in [1.54, 1.807) is 12.4 Å². The lowest BCUT2D eigenvalue weighted by Crippen LogP contribution is -2.10. The van der Waals surface area contributed by atoms with Gasteiger partial charge in [0.05, 0.1) is 0 Å². The molecule has 0 saturated carbocycles. The molecule has 0 aliphatic carbocycles. The van der Waals surface area contributed by atoms with E-state index in [-0.39, 0.29) is 6.04 Å². The summed E-state index contributed by atoms with van der Waals surface area (Å²) in [6.07, 6.45) is 7.27. The lowest BCUT2D eigenvalue weighted by Gasteiger charge is -2.11. The maximum Gasteiger partial charge on any atom is 0.0326 e. The van der Waals surface area contributed by atoms with Crippen molar-refractivity contribution in [3.05, 3.63) is 41.2 Å². The molecule has 1 heterocycles. The molecule has 1 aromatic rings. The topological polar surface area (TPSA) is 38.9 Å². The molecule has 2 nitrogen and oxygen atoms in total. The highest BCUT2D eigenvalue weighted by atomic mass is 79.9. The standard InChI is InChI=1S/C10H13BrN2/c1-2-3-4-10(12)8-7-13-6-5-9(8)11/h2,5-7,10H,1,3-4,12H2/t10-/m0/s1. The van der Waals surface area contributed by atoms with Crippen LogP contribution in [0.5, 0.6) is 0 Å². The molecule has 0 aliphatic heterocycles. The number of nitrogens with two attached hydrogens (primary N) is 1. The molecule has 0 saturated heterocycles. The highest BCUT2D eigenvalue weighted by Gasteiger charge is 2.08. The average Bonchev–Trinajstić information content (AvgIpc) is 2.15. The fourth-order valence-corrected chi connectivity index (χ4v) is 1.63. The van der Waals surface area contributed by atoms with Crippen molar-refractivity contribution < 1.29 is 0 Å². The Bertz CT molecular complexity index is 286. The van der Waals surface area contributed by atoms with Crippen LogP contribution in [0, 0.1) is 0 Å². The molecule has 1 atom stereocenters. The molecule has 1 rings (SSSR count). The van der Waals surface area contributed by atoms with Crippen LogP contribution in [-0.4, -0.2) is 4.98 Å². The van der Waals surface area contributed by atoms with Crippen molar-refractivity contribution in [1.29, 1.82) is 0 Å². The van der Waals surface area contributed by atoms with E-state index in [1.807, 2.05) is 12.1 Å². The van der Waals surface area contributed by atoms with E-state index in [9.17, 15) is 0 Å². The van der Waals surface area contributed by atoms with Gasteiger partial charge in [-0.05, 0) is 18.9 Å². The number of allylic oxidation sites excluding steroid dienone is 1. The van der Waals surface area contributed by atoms with Gasteiger partial charge in [-0.15, -0.1) is 6.58 Å². The number of rotatable bonds is 4. The zero-order valence-electron chi connectivity index (χ0n) is 7.41. The van der Waals surface area contributed by atoms with Crippen LogP contribution in [0.15, 0.2) is 35.6 Å². The third-order valence-electron chi connectivity index (χ3n) is 1.88. The van der Waals surface area contributed by atoms with Crippen molar-refractivity contribution in [1.82, 2.24) is 4.98 Å². The minimum absolute atomic E-state index is 0.0427. The Morgan fingerprint density at radius 3 is 3.08 bits per heavy atom. The summed E-state index contributed by atoms with van der Waals surface area (Å²) in [6, 6.07) is 1.95. The number of pyridine rings is 1. The van der Waals surface area contributed by atoms with E-state index in [4.69, 9.17) is 5.73 Å². The van der Waals surface area contributed by atoms with Crippen LogP contribution in [0.1, 0.15) is 24.4 Å². The van der Waals surface area contributed by atoms with E-state index >= 15 is 0 Å². The van der Waals surface area contributed by atoms with E-state index in [2.05, 4.69) is 27.5 Å². The Kier molecular flexibility index (Phi) is 4.12. The lowest BCUT2D eigenvalue weighted by atomic mass is 10.1. The van der Waals surface area contributed by atoms with Crippen LogP contribution >= 0.6 is 15.9 Å². The van der Waals surface area contributed by atoms with Gasteiger partial charge in [-0.1, -0.05) is 22.0 Å². The van der Waals surface area contributed by atoms with E-state index < -0.39 is 0 Å². The molecule has 0 radical (unpaired) electrons. The summed E-state index contributed by atoms with van der Waals surface area (Å²) in [4.78, 5) is 4.04. The van der Waals surface area contributed by atoms with Gasteiger partial charge in [0.15, 0.2) is 0 Å². The summed E-state index contributed by atoms with van der Waals surface area (Å²) in [5.74, 6) is 0. The van der Waals surface area contributed by atoms with Crippen LogP contribution in [0.3, 0.4) is 0 Å². The minimum atomic E-state index is 0.0427. The molecule has 0 aliphatic rings. The highest BCUT2D eigenvalue weighted by molar-refractivity contribution is 9.10. The van der Waals surface area contributed by atoms with Crippen LogP contribution in [0.25, 0.3) is 0 Å². The molecule has 2 N–H and O–H groups in total. The van der Waals surface area contributed by atoms with Crippen molar-refractivity contribution in [2.75, 3.05) is 0 Å². The van der Waals surface area contributed by atoms with Gasteiger partial charge in [0.25, 0.3) is 0 Å². The molecule has 0 spiro atoms. The Morgan fingerprint density at radius 2 is 2.46 bits per heavy atom. The SMILES string of the molecule is C=CCC[C@H](N)c1cnccc1Br. The second-order valence-electron chi connectivity index (χ2n) is 2.87. The summed E-state index contributed by atoms with van der Waals surface area (Å²) in [7, 11) is 0. The van der Waals surface area contributed by atoms with Crippen molar-refractivity contribution in [3.63, 3.8) is 0 Å². The Labute approximate surface area is 87.0 Å². The molecule has 1 aromatic heterocycles. The largest absolute Gasteiger partial charge is 0.324 e. The molecule has 0 aromatic carbocycles. The predicted octanol–water partition coefficient (Wildman–Crippen LogP) is 2.81. The third kappa shape index (κ3) is 2.94. The Morgan fingerprint density at radius 1 is 1.69 bits per heavy atom. The first-order valence-electron chi connectivity index (χ1n) is 4.21. The van der Waals surface area contributed by atoms with Crippen molar-refractivity contribution in [2.45, 2.75) is 18.9 Å². The molecule has 0 unspecified atom stereocenters. The monoisotopic (exact) mass is 240 g/mol. The molecular formula is C10H13BrN2. The molecule has 70 valence electrons. The van der Waals surface area contributed by atoms with Crippen LogP contribution in [-0.2, 0) is 0 Å². The van der Waals surface area contributed by atoms with E-state index in [0.717, 1.165) is 22.9 Å². The van der Waals surface area contributed by atoms with E-state index in [0.29, 0.717) is 0 Å². The summed E-state index contributed by atoms with van der Waals surface area (Å²) < 4.78 is 1.03. The van der Waals surface area contributed by atoms with Crippen LogP contribution < -0.4 is 5.73 Å². The fourth-order valence-electron chi connectivity index (χ4n) is 1.12. The van der Waals surface area contributed by atoms with Gasteiger partial charge in [-0.25, -0.2) is 0 Å². The zero-order chi connectivity index (χ0) is 9.68. The predicted molar refractivity (Wildman–Crippen MR) is 58.3 cm³/mol. The van der Waals surface area contributed by atoms with Gasteiger partial charge >= 0.3 is 0 Å². The smallest absolute Gasteiger partial charge is 0.0326 e. The van der Waals surface area contributed by atoms with Crippen molar-refractivity contribution >= 4 is 15.9 Å². The van der Waals surface area contributed by atoms with Crippen molar-refractivity contribution in [3.8, 4) is 0 Å². The number of hydrogen-bond donors (Lipinski definition) is 1. The second-order valence-corrected chi connectivity index (χ2v) is 3.72. The summed E-state index contributed by atoms with van der Waals surface area (Å²) in [6.45, 7) is 3.67. The number of aromatic nitrogens is 1. The highest BCUT2D eigenvalue weighted by Crippen LogP contribution is 2.23. The van der Waals surface area contributed by atoms with Gasteiger partial charge in [-0.3, -0.25) is 4.98 Å². The number of nitrogens with zero attached hydrogens (tertiary/aromatic N) is 1. The van der Waals surface area contributed by atoms with E-state index in [1.165, 1.54) is 0 Å². The first-order chi connectivity index (χ1) is 6.25. The van der Waals surface area contributed by atoms with Crippen molar-refractivity contribution in [2.24, 2.45) is 5.73 Å². The van der Waals surface area contributed by atoms with Gasteiger partial charge in [0.2, 0.25) is 0 Å². The Balaban J connectivity index is 2.70. The normalized spacial score (nSPS) is 12.5. The zero-order valence-corrected chi connectivity index (χ0v) is 9.00. The van der Waals surface area contributed by atoms with Crippen LogP contribution in [0.4, 0.5) is 0 Å². The molecular weight excluding hydrogens is 228 g/mol. The van der Waals surface area contributed by atoms with Gasteiger partial charge in [0, 0.05) is 28.5 Å². The third-order valence-corrected chi connectivity index (χ3v) is 2.60. The maximum atomic E-state index is 5.96. The Hall–Kier alpha value is -0.670. The molecule has 13 heavy (non-hydrogen) atoms. The maximum absolute atomic E-state index is 5.96. The fraction of sp³-hybridized carbons (Fsp3) is 0.300. The molecule has 0 amide bonds. The number of halogens is 1. The quantitative estimate of drug-likeness (QED) is 0.823. The first kappa shape index (κ1) is 10.4. The van der Waals surface area contributed by atoms with Crippen LogP contribution in [0.2, 0.25) is 0 Å². The number of hydrogen-bond acceptors (Lipinski definition) is 2. The molecule has 0 bridgehead atoms. The van der Waals surface area contributed by atoms with Gasteiger partial charge in [0.1, 0.15) is 0 Å². The summed E-state index contributed by atoms with van der Waals surface area (Å²) >= 11 is 3.44. The summed E-state index contributed by atoms with van der Waals surface area (Å²) in [5, 5.41) is 0. The second kappa shape index (κ2) is 5.14. The summed E-state index contributed by atoms with van der Waals surface area (Å²) in [5.41, 5.74) is 7.02. The minimum Gasteiger partial charge on any atom is -0.324 e. The molecule has 3 heteroatoms. The van der Waals surface area contributed by atoms with Gasteiger partial charge < -0.3 is 5.73 Å². The van der Waals surface area contributed by atoms with Gasteiger partial charge in [-0.2, -0.15) is 0 Å².